The molecule has 1 aromatic carbocycles. The van der Waals surface area contributed by atoms with Gasteiger partial charge in [0.25, 0.3) is 0 Å². The number of carbonyl (C=O) groups is 1. The van der Waals surface area contributed by atoms with Gasteiger partial charge in [-0.1, -0.05) is 6.07 Å². The molecule has 0 saturated heterocycles. The standard InChI is InChI=1S/C12H16O5/c1-7(2)17-9-6-4-5-8(13)10(9)11(14)12(15)16-3/h4-7,11,13-14H,1-3H3. The highest BCUT2D eigenvalue weighted by Crippen LogP contribution is 2.34. The summed E-state index contributed by atoms with van der Waals surface area (Å²) in [6, 6.07) is 4.51. The quantitative estimate of drug-likeness (QED) is 0.778. The summed E-state index contributed by atoms with van der Waals surface area (Å²) in [5, 5.41) is 19.4. The van der Waals surface area contributed by atoms with Crippen molar-refractivity contribution in [2.24, 2.45) is 0 Å². The van der Waals surface area contributed by atoms with Crippen LogP contribution in [0.5, 0.6) is 11.5 Å². The summed E-state index contributed by atoms with van der Waals surface area (Å²) < 4.78 is 9.84. The smallest absolute Gasteiger partial charge is 0.339 e. The molecule has 0 heterocycles. The largest absolute Gasteiger partial charge is 0.507 e. The van der Waals surface area contributed by atoms with Gasteiger partial charge >= 0.3 is 5.97 Å². The van der Waals surface area contributed by atoms with Crippen molar-refractivity contribution < 1.29 is 24.5 Å². The van der Waals surface area contributed by atoms with Crippen LogP contribution in [0.4, 0.5) is 0 Å². The van der Waals surface area contributed by atoms with Gasteiger partial charge in [-0.05, 0) is 26.0 Å². The number of phenols is 1. The molecular formula is C12H16O5. The number of hydrogen-bond donors (Lipinski definition) is 2. The van der Waals surface area contributed by atoms with Gasteiger partial charge in [0.05, 0.1) is 18.8 Å². The van der Waals surface area contributed by atoms with E-state index in [0.29, 0.717) is 0 Å². The van der Waals surface area contributed by atoms with E-state index in [1.807, 2.05) is 0 Å². The molecule has 1 aromatic rings. The van der Waals surface area contributed by atoms with Crippen LogP contribution in [0.1, 0.15) is 25.5 Å². The maximum Gasteiger partial charge on any atom is 0.339 e. The molecule has 0 amide bonds. The van der Waals surface area contributed by atoms with Crippen molar-refractivity contribution in [2.75, 3.05) is 7.11 Å². The summed E-state index contributed by atoms with van der Waals surface area (Å²) in [5.41, 5.74) is 0.0213. The molecule has 1 rings (SSSR count). The lowest BCUT2D eigenvalue weighted by Gasteiger charge is -2.17. The summed E-state index contributed by atoms with van der Waals surface area (Å²) in [6.45, 7) is 3.61. The van der Waals surface area contributed by atoms with Gasteiger partial charge in [0.1, 0.15) is 11.5 Å². The first-order valence-corrected chi connectivity index (χ1v) is 5.21. The van der Waals surface area contributed by atoms with Crippen molar-refractivity contribution in [3.8, 4) is 11.5 Å². The Balaban J connectivity index is 3.15. The van der Waals surface area contributed by atoms with E-state index in [0.717, 1.165) is 7.11 Å². The van der Waals surface area contributed by atoms with Crippen LogP contribution >= 0.6 is 0 Å². The third-order valence-electron chi connectivity index (χ3n) is 2.10. The van der Waals surface area contributed by atoms with Crippen LogP contribution in [0.2, 0.25) is 0 Å². The van der Waals surface area contributed by atoms with Gasteiger partial charge in [-0.15, -0.1) is 0 Å². The first kappa shape index (κ1) is 13.3. The number of ether oxygens (including phenoxy) is 2. The molecule has 0 radical (unpaired) electrons. The highest BCUT2D eigenvalue weighted by molar-refractivity contribution is 5.78. The third kappa shape index (κ3) is 3.10. The van der Waals surface area contributed by atoms with Gasteiger partial charge in [0.2, 0.25) is 0 Å². The van der Waals surface area contributed by atoms with E-state index in [4.69, 9.17) is 4.74 Å². The molecule has 0 aliphatic rings. The van der Waals surface area contributed by atoms with Crippen LogP contribution in [-0.2, 0) is 9.53 Å². The number of hydrogen-bond acceptors (Lipinski definition) is 5. The first-order valence-electron chi connectivity index (χ1n) is 5.21. The Morgan fingerprint density at radius 3 is 2.53 bits per heavy atom. The second kappa shape index (κ2) is 5.54. The van der Waals surface area contributed by atoms with E-state index in [9.17, 15) is 15.0 Å². The first-order chi connectivity index (χ1) is 7.97. The zero-order valence-electron chi connectivity index (χ0n) is 10.0. The van der Waals surface area contributed by atoms with Crippen molar-refractivity contribution >= 4 is 5.97 Å². The molecule has 5 nitrogen and oxygen atoms in total. The fraction of sp³-hybridized carbons (Fsp3) is 0.417. The molecule has 1 unspecified atom stereocenters. The second-order valence-electron chi connectivity index (χ2n) is 3.78. The van der Waals surface area contributed by atoms with E-state index in [2.05, 4.69) is 4.74 Å². The molecule has 1 atom stereocenters. The Labute approximate surface area is 99.6 Å². The van der Waals surface area contributed by atoms with Gasteiger partial charge in [-0.3, -0.25) is 0 Å². The number of phenolic OH excluding ortho intramolecular Hbond substituents is 1. The number of aliphatic hydroxyl groups is 1. The number of rotatable bonds is 4. The number of aliphatic hydroxyl groups excluding tert-OH is 1. The summed E-state index contributed by atoms with van der Waals surface area (Å²) in [4.78, 5) is 11.3. The molecule has 0 fully saturated rings. The highest BCUT2D eigenvalue weighted by Gasteiger charge is 2.25. The summed E-state index contributed by atoms with van der Waals surface area (Å²) in [7, 11) is 1.16. The van der Waals surface area contributed by atoms with Crippen molar-refractivity contribution in [1.82, 2.24) is 0 Å². The minimum atomic E-state index is -1.56. The molecule has 0 aliphatic heterocycles. The molecule has 0 spiro atoms. The molecule has 5 heteroatoms. The molecule has 2 N–H and O–H groups in total. The average Bonchev–Trinajstić information content (AvgIpc) is 2.26. The lowest BCUT2D eigenvalue weighted by atomic mass is 10.1. The van der Waals surface area contributed by atoms with E-state index in [1.165, 1.54) is 6.07 Å². The molecule has 0 bridgehead atoms. The van der Waals surface area contributed by atoms with Crippen molar-refractivity contribution in [2.45, 2.75) is 26.1 Å². The second-order valence-corrected chi connectivity index (χ2v) is 3.78. The third-order valence-corrected chi connectivity index (χ3v) is 2.10. The SMILES string of the molecule is COC(=O)C(O)c1c(O)cccc1OC(C)C. The number of carbonyl (C=O) groups excluding carboxylic acids is 1. The molecule has 0 aliphatic carbocycles. The number of methoxy groups -OCH3 is 1. The normalized spacial score (nSPS) is 12.3. The van der Waals surface area contributed by atoms with Gasteiger partial charge in [-0.2, -0.15) is 0 Å². The van der Waals surface area contributed by atoms with E-state index in [1.54, 1.807) is 26.0 Å². The van der Waals surface area contributed by atoms with Crippen molar-refractivity contribution in [1.29, 1.82) is 0 Å². The topological polar surface area (TPSA) is 76.0 Å². The average molecular weight is 240 g/mol. The zero-order chi connectivity index (χ0) is 13.0. The van der Waals surface area contributed by atoms with Crippen LogP contribution in [0, 0.1) is 0 Å². The van der Waals surface area contributed by atoms with E-state index < -0.39 is 12.1 Å². The molecule has 0 saturated carbocycles. The Bertz CT molecular complexity index is 400. The molecule has 0 aromatic heterocycles. The van der Waals surface area contributed by atoms with Gasteiger partial charge in [0.15, 0.2) is 6.10 Å². The monoisotopic (exact) mass is 240 g/mol. The summed E-state index contributed by atoms with van der Waals surface area (Å²) in [6.07, 6.45) is -1.70. The molecular weight excluding hydrogens is 224 g/mol. The van der Waals surface area contributed by atoms with Gasteiger partial charge in [-0.25, -0.2) is 4.79 Å². The van der Waals surface area contributed by atoms with E-state index in [-0.39, 0.29) is 23.2 Å². The summed E-state index contributed by atoms with van der Waals surface area (Å²) in [5.74, 6) is -0.793. The Kier molecular flexibility index (Phi) is 4.34. The number of benzene rings is 1. The van der Waals surface area contributed by atoms with E-state index >= 15 is 0 Å². The lowest BCUT2D eigenvalue weighted by molar-refractivity contribution is -0.150. The van der Waals surface area contributed by atoms with Crippen LogP contribution in [-0.4, -0.2) is 29.4 Å². The minimum Gasteiger partial charge on any atom is -0.507 e. The predicted octanol–water partition coefficient (Wildman–Crippen LogP) is 1.39. The fourth-order valence-electron chi connectivity index (χ4n) is 1.39. The number of aromatic hydroxyl groups is 1. The Morgan fingerprint density at radius 1 is 1.35 bits per heavy atom. The van der Waals surface area contributed by atoms with Gasteiger partial charge < -0.3 is 19.7 Å². The summed E-state index contributed by atoms with van der Waals surface area (Å²) >= 11 is 0. The number of esters is 1. The Morgan fingerprint density at radius 2 is 2.00 bits per heavy atom. The van der Waals surface area contributed by atoms with Crippen LogP contribution < -0.4 is 4.74 Å². The highest BCUT2D eigenvalue weighted by atomic mass is 16.5. The lowest BCUT2D eigenvalue weighted by Crippen LogP contribution is -2.16. The minimum absolute atomic E-state index is 0.0213. The predicted molar refractivity (Wildman–Crippen MR) is 60.8 cm³/mol. The van der Waals surface area contributed by atoms with Crippen molar-refractivity contribution in [3.63, 3.8) is 0 Å². The van der Waals surface area contributed by atoms with Crippen LogP contribution in [0.15, 0.2) is 18.2 Å². The van der Waals surface area contributed by atoms with Crippen LogP contribution in [0.3, 0.4) is 0 Å². The Hall–Kier alpha value is -1.75. The maximum atomic E-state index is 11.3. The van der Waals surface area contributed by atoms with Crippen molar-refractivity contribution in [3.05, 3.63) is 23.8 Å². The van der Waals surface area contributed by atoms with Gasteiger partial charge in [0, 0.05) is 0 Å². The zero-order valence-corrected chi connectivity index (χ0v) is 10.0. The van der Waals surface area contributed by atoms with Crippen LogP contribution in [0.25, 0.3) is 0 Å². The molecule has 94 valence electrons. The maximum absolute atomic E-state index is 11.3. The fourth-order valence-corrected chi connectivity index (χ4v) is 1.39. The molecule has 17 heavy (non-hydrogen) atoms.